The van der Waals surface area contributed by atoms with E-state index >= 15 is 0 Å². The summed E-state index contributed by atoms with van der Waals surface area (Å²) in [5.74, 6) is 3.37. The van der Waals surface area contributed by atoms with Gasteiger partial charge in [0.25, 0.3) is 0 Å². The van der Waals surface area contributed by atoms with Gasteiger partial charge >= 0.3 is 0 Å². The van der Waals surface area contributed by atoms with E-state index in [0.29, 0.717) is 16.7 Å². The van der Waals surface area contributed by atoms with Crippen molar-refractivity contribution in [3.63, 3.8) is 0 Å². The van der Waals surface area contributed by atoms with Crippen molar-refractivity contribution < 1.29 is 9.15 Å². The van der Waals surface area contributed by atoms with Gasteiger partial charge in [0.15, 0.2) is 11.6 Å². The van der Waals surface area contributed by atoms with E-state index < -0.39 is 0 Å². The number of aromatic nitrogens is 2. The number of imidazole rings is 1. The molecule has 0 aromatic carbocycles. The van der Waals surface area contributed by atoms with Crippen molar-refractivity contribution in [3.05, 3.63) is 30.3 Å². The molecular formula is C20H28N2O2. The van der Waals surface area contributed by atoms with E-state index in [2.05, 4.69) is 49.5 Å². The maximum atomic E-state index is 6.11. The third-order valence-corrected chi connectivity index (χ3v) is 6.76. The number of furan rings is 1. The minimum absolute atomic E-state index is 0.109. The molecule has 130 valence electrons. The van der Waals surface area contributed by atoms with E-state index in [1.807, 2.05) is 12.3 Å². The third kappa shape index (κ3) is 2.43. The maximum absolute atomic E-state index is 6.11. The van der Waals surface area contributed by atoms with Crippen molar-refractivity contribution in [2.24, 2.45) is 16.7 Å². The number of hydrogen-bond acceptors (Lipinski definition) is 3. The van der Waals surface area contributed by atoms with Crippen LogP contribution in [-0.4, -0.2) is 16.2 Å². The molecule has 0 bridgehead atoms. The topological polar surface area (TPSA) is 40.2 Å². The highest BCUT2D eigenvalue weighted by Gasteiger charge is 2.64. The van der Waals surface area contributed by atoms with Gasteiger partial charge in [-0.3, -0.25) is 0 Å². The van der Waals surface area contributed by atoms with Crippen molar-refractivity contribution in [1.29, 1.82) is 0 Å². The Hall–Kier alpha value is -1.55. The van der Waals surface area contributed by atoms with E-state index in [4.69, 9.17) is 9.15 Å². The molecule has 1 unspecified atom stereocenters. The standard InChI is InChI=1S/C20H28N2O2/c1-19(2)17(20(19,3)4)13-22-11-10-21-18(22)16-9-8-15(24-16)14-7-5-6-12-23-14/h8-11,14,17H,5-7,12-13H2,1-4H3. The lowest BCUT2D eigenvalue weighted by atomic mass is 10.0. The summed E-state index contributed by atoms with van der Waals surface area (Å²) in [4.78, 5) is 4.55. The van der Waals surface area contributed by atoms with Gasteiger partial charge in [0, 0.05) is 25.5 Å². The molecule has 2 fully saturated rings. The van der Waals surface area contributed by atoms with Crippen LogP contribution >= 0.6 is 0 Å². The average molecular weight is 328 g/mol. The van der Waals surface area contributed by atoms with Crippen LogP contribution in [0.1, 0.15) is 58.8 Å². The van der Waals surface area contributed by atoms with Crippen LogP contribution in [0.15, 0.2) is 28.9 Å². The van der Waals surface area contributed by atoms with Gasteiger partial charge in [-0.05, 0) is 48.1 Å². The molecule has 0 spiro atoms. The smallest absolute Gasteiger partial charge is 0.176 e. The van der Waals surface area contributed by atoms with Crippen LogP contribution in [0.3, 0.4) is 0 Å². The van der Waals surface area contributed by atoms with Crippen LogP contribution in [-0.2, 0) is 11.3 Å². The first-order valence-corrected chi connectivity index (χ1v) is 9.14. The molecule has 1 saturated heterocycles. The third-order valence-electron chi connectivity index (χ3n) is 6.76. The summed E-state index contributed by atoms with van der Waals surface area (Å²) < 4.78 is 14.2. The molecule has 1 aliphatic carbocycles. The van der Waals surface area contributed by atoms with Gasteiger partial charge < -0.3 is 13.7 Å². The molecule has 4 rings (SSSR count). The summed E-state index contributed by atoms with van der Waals surface area (Å²) in [7, 11) is 0. The van der Waals surface area contributed by atoms with E-state index in [-0.39, 0.29) is 6.10 Å². The Morgan fingerprint density at radius 3 is 2.62 bits per heavy atom. The summed E-state index contributed by atoms with van der Waals surface area (Å²) >= 11 is 0. The molecule has 4 nitrogen and oxygen atoms in total. The summed E-state index contributed by atoms with van der Waals surface area (Å²) in [6.07, 6.45) is 7.46. The van der Waals surface area contributed by atoms with Gasteiger partial charge in [-0.2, -0.15) is 0 Å². The molecule has 0 amide bonds. The zero-order valence-electron chi connectivity index (χ0n) is 15.2. The summed E-state index contributed by atoms with van der Waals surface area (Å²) in [6.45, 7) is 11.3. The molecular weight excluding hydrogens is 300 g/mol. The predicted molar refractivity (Wildman–Crippen MR) is 93.5 cm³/mol. The maximum Gasteiger partial charge on any atom is 0.176 e. The molecule has 2 aromatic rings. The van der Waals surface area contributed by atoms with Gasteiger partial charge in [-0.1, -0.05) is 27.7 Å². The molecule has 0 radical (unpaired) electrons. The molecule has 2 aliphatic rings. The Bertz CT molecular complexity index is 706. The lowest BCUT2D eigenvalue weighted by Gasteiger charge is -2.20. The number of hydrogen-bond donors (Lipinski definition) is 0. The van der Waals surface area contributed by atoms with E-state index in [1.165, 1.54) is 6.42 Å². The Kier molecular flexibility index (Phi) is 3.64. The molecule has 1 atom stereocenters. The minimum Gasteiger partial charge on any atom is -0.455 e. The second kappa shape index (κ2) is 5.48. The second-order valence-electron chi connectivity index (χ2n) is 8.46. The number of ether oxygens (including phenoxy) is 1. The molecule has 0 N–H and O–H groups in total. The van der Waals surface area contributed by atoms with Gasteiger partial charge in [0.2, 0.25) is 0 Å². The Labute approximate surface area is 144 Å². The first-order chi connectivity index (χ1) is 11.4. The first kappa shape index (κ1) is 15.9. The Morgan fingerprint density at radius 2 is 1.96 bits per heavy atom. The number of rotatable bonds is 4. The van der Waals surface area contributed by atoms with Crippen LogP contribution in [0.5, 0.6) is 0 Å². The quantitative estimate of drug-likeness (QED) is 0.787. The monoisotopic (exact) mass is 328 g/mol. The van der Waals surface area contributed by atoms with Crippen LogP contribution in [0.2, 0.25) is 0 Å². The fourth-order valence-corrected chi connectivity index (χ4v) is 4.28. The summed E-state index contributed by atoms with van der Waals surface area (Å²) in [5.41, 5.74) is 0.748. The second-order valence-corrected chi connectivity index (χ2v) is 8.46. The SMILES string of the molecule is CC1(C)C(Cn2ccnc2-c2ccc(C3CCCCO3)o2)C1(C)C. The first-order valence-electron chi connectivity index (χ1n) is 9.14. The normalized spacial score (nSPS) is 25.8. The fourth-order valence-electron chi connectivity index (χ4n) is 4.28. The zero-order chi connectivity index (χ0) is 16.9. The average Bonchev–Trinajstić information content (AvgIpc) is 3.07. The van der Waals surface area contributed by atoms with Crippen molar-refractivity contribution in [2.75, 3.05) is 6.61 Å². The van der Waals surface area contributed by atoms with E-state index in [9.17, 15) is 0 Å². The van der Waals surface area contributed by atoms with Crippen molar-refractivity contribution in [2.45, 2.75) is 59.6 Å². The lowest BCUT2D eigenvalue weighted by Crippen LogP contribution is -2.10. The molecule has 24 heavy (non-hydrogen) atoms. The lowest BCUT2D eigenvalue weighted by molar-refractivity contribution is 0.00218. The van der Waals surface area contributed by atoms with Crippen molar-refractivity contribution in [1.82, 2.24) is 9.55 Å². The van der Waals surface area contributed by atoms with Gasteiger partial charge in [0.1, 0.15) is 11.9 Å². The molecule has 3 heterocycles. The van der Waals surface area contributed by atoms with Crippen LogP contribution in [0.25, 0.3) is 11.6 Å². The van der Waals surface area contributed by atoms with Gasteiger partial charge in [0.05, 0.1) is 0 Å². The zero-order valence-corrected chi connectivity index (χ0v) is 15.2. The summed E-state index contributed by atoms with van der Waals surface area (Å²) in [6, 6.07) is 4.09. The van der Waals surface area contributed by atoms with E-state index in [0.717, 1.165) is 43.3 Å². The predicted octanol–water partition coefficient (Wildman–Crippen LogP) is 5.07. The van der Waals surface area contributed by atoms with Gasteiger partial charge in [-0.15, -0.1) is 0 Å². The van der Waals surface area contributed by atoms with E-state index in [1.54, 1.807) is 0 Å². The number of nitrogens with zero attached hydrogens (tertiary/aromatic N) is 2. The summed E-state index contributed by atoms with van der Waals surface area (Å²) in [5, 5.41) is 0. The van der Waals surface area contributed by atoms with Crippen LogP contribution in [0.4, 0.5) is 0 Å². The fraction of sp³-hybridized carbons (Fsp3) is 0.650. The van der Waals surface area contributed by atoms with Gasteiger partial charge in [-0.25, -0.2) is 4.98 Å². The van der Waals surface area contributed by atoms with Crippen molar-refractivity contribution in [3.8, 4) is 11.6 Å². The molecule has 2 aromatic heterocycles. The Morgan fingerprint density at radius 1 is 1.17 bits per heavy atom. The highest BCUT2D eigenvalue weighted by Crippen LogP contribution is 2.68. The molecule has 1 saturated carbocycles. The Balaban J connectivity index is 1.54. The largest absolute Gasteiger partial charge is 0.455 e. The highest BCUT2D eigenvalue weighted by atomic mass is 16.5. The molecule has 1 aliphatic heterocycles. The van der Waals surface area contributed by atoms with Crippen LogP contribution in [0, 0.1) is 16.7 Å². The van der Waals surface area contributed by atoms with Crippen molar-refractivity contribution >= 4 is 0 Å². The minimum atomic E-state index is 0.109. The van der Waals surface area contributed by atoms with Crippen LogP contribution < -0.4 is 0 Å². The molecule has 4 heteroatoms. The highest BCUT2D eigenvalue weighted by molar-refractivity contribution is 5.48.